The minimum absolute atomic E-state index is 0.376. The van der Waals surface area contributed by atoms with E-state index in [1.807, 2.05) is 12.1 Å². The van der Waals surface area contributed by atoms with Crippen LogP contribution in [0.15, 0.2) is 18.2 Å². The zero-order valence-electron chi connectivity index (χ0n) is 10.3. The Morgan fingerprint density at radius 1 is 1.47 bits per heavy atom. The second-order valence-electron chi connectivity index (χ2n) is 4.32. The third-order valence-corrected chi connectivity index (χ3v) is 3.05. The molecule has 0 aliphatic carbocycles. The van der Waals surface area contributed by atoms with Gasteiger partial charge in [-0.15, -0.1) is 0 Å². The Labute approximate surface area is 108 Å². The Bertz CT molecular complexity index is 410. The molecule has 0 bridgehead atoms. The van der Waals surface area contributed by atoms with Crippen LogP contribution in [0, 0.1) is 11.3 Å². The lowest BCUT2D eigenvalue weighted by atomic mass is 10.1. The lowest BCUT2D eigenvalue weighted by Gasteiger charge is -2.26. The van der Waals surface area contributed by atoms with Gasteiger partial charge in [0.25, 0.3) is 0 Å². The number of hydrogen-bond donors (Lipinski definition) is 1. The van der Waals surface area contributed by atoms with E-state index in [0.29, 0.717) is 18.2 Å². The number of rotatable bonds is 5. The third kappa shape index (κ3) is 4.26. The van der Waals surface area contributed by atoms with E-state index in [2.05, 4.69) is 24.8 Å². The number of nitrogen functional groups attached to an aromatic ring is 1. The van der Waals surface area contributed by atoms with Gasteiger partial charge in [-0.2, -0.15) is 5.26 Å². The van der Waals surface area contributed by atoms with Gasteiger partial charge in [-0.3, -0.25) is 4.90 Å². The van der Waals surface area contributed by atoms with Gasteiger partial charge in [0.1, 0.15) is 0 Å². The predicted molar refractivity (Wildman–Crippen MR) is 71.6 cm³/mol. The summed E-state index contributed by atoms with van der Waals surface area (Å²) in [5, 5.41) is 9.36. The Morgan fingerprint density at radius 2 is 2.18 bits per heavy atom. The second kappa shape index (κ2) is 6.48. The molecule has 4 heteroatoms. The number of anilines is 1. The summed E-state index contributed by atoms with van der Waals surface area (Å²) in [5.74, 6) is 0. The van der Waals surface area contributed by atoms with Gasteiger partial charge in [0.05, 0.1) is 6.07 Å². The van der Waals surface area contributed by atoms with Crippen molar-refractivity contribution < 1.29 is 0 Å². The number of nitrogens with zero attached hydrogens (tertiary/aromatic N) is 2. The zero-order valence-corrected chi connectivity index (χ0v) is 11.0. The maximum absolute atomic E-state index is 8.64. The van der Waals surface area contributed by atoms with Crippen LogP contribution in [0.4, 0.5) is 5.69 Å². The van der Waals surface area contributed by atoms with E-state index in [9.17, 15) is 0 Å². The summed E-state index contributed by atoms with van der Waals surface area (Å²) in [6, 6.07) is 8.04. The summed E-state index contributed by atoms with van der Waals surface area (Å²) >= 11 is 6.13. The van der Waals surface area contributed by atoms with Crippen LogP contribution in [-0.4, -0.2) is 17.5 Å². The Morgan fingerprint density at radius 3 is 2.76 bits per heavy atom. The monoisotopic (exact) mass is 251 g/mol. The summed E-state index contributed by atoms with van der Waals surface area (Å²) in [6.45, 7) is 5.69. The van der Waals surface area contributed by atoms with Crippen molar-refractivity contribution in [3.63, 3.8) is 0 Å². The number of halogens is 1. The molecule has 0 aromatic heterocycles. The molecule has 3 nitrogen and oxygen atoms in total. The van der Waals surface area contributed by atoms with Crippen LogP contribution >= 0.6 is 11.6 Å². The maximum Gasteiger partial charge on any atom is 0.0635 e. The van der Waals surface area contributed by atoms with Gasteiger partial charge in [-0.25, -0.2) is 0 Å². The van der Waals surface area contributed by atoms with E-state index in [-0.39, 0.29) is 0 Å². The van der Waals surface area contributed by atoms with E-state index in [1.165, 1.54) is 0 Å². The third-order valence-electron chi connectivity index (χ3n) is 2.68. The van der Waals surface area contributed by atoms with Crippen LogP contribution < -0.4 is 5.73 Å². The van der Waals surface area contributed by atoms with E-state index in [4.69, 9.17) is 22.6 Å². The summed E-state index contributed by atoms with van der Waals surface area (Å²) in [4.78, 5) is 2.21. The van der Waals surface area contributed by atoms with E-state index in [1.54, 1.807) is 6.07 Å². The topological polar surface area (TPSA) is 53.0 Å². The molecule has 0 aliphatic rings. The SMILES string of the molecule is CC(C)N(CCC#N)Cc1cc(N)ccc1Cl. The normalized spacial score (nSPS) is 10.8. The molecule has 0 aliphatic heterocycles. The predicted octanol–water partition coefficient (Wildman–Crippen LogP) is 3.05. The quantitative estimate of drug-likeness (QED) is 0.819. The standard InChI is InChI=1S/C13H18ClN3/c1-10(2)17(7-3-6-15)9-11-8-12(16)4-5-13(11)14/h4-5,8,10H,3,7,9,16H2,1-2H3. The van der Waals surface area contributed by atoms with Gasteiger partial charge >= 0.3 is 0 Å². The van der Waals surface area contributed by atoms with Crippen LogP contribution in [0.5, 0.6) is 0 Å². The largest absolute Gasteiger partial charge is 0.399 e. The fourth-order valence-corrected chi connectivity index (χ4v) is 1.83. The van der Waals surface area contributed by atoms with Crippen molar-refractivity contribution in [3.05, 3.63) is 28.8 Å². The lowest BCUT2D eigenvalue weighted by Crippen LogP contribution is -2.31. The highest BCUT2D eigenvalue weighted by molar-refractivity contribution is 6.31. The number of hydrogen-bond acceptors (Lipinski definition) is 3. The highest BCUT2D eigenvalue weighted by Crippen LogP contribution is 2.21. The lowest BCUT2D eigenvalue weighted by molar-refractivity contribution is 0.218. The highest BCUT2D eigenvalue weighted by Gasteiger charge is 2.11. The first-order chi connectivity index (χ1) is 8.04. The molecule has 0 spiro atoms. The second-order valence-corrected chi connectivity index (χ2v) is 4.73. The molecule has 92 valence electrons. The van der Waals surface area contributed by atoms with Crippen LogP contribution in [0.2, 0.25) is 5.02 Å². The average Bonchev–Trinajstić information content (AvgIpc) is 2.28. The molecule has 0 saturated carbocycles. The van der Waals surface area contributed by atoms with Crippen molar-refractivity contribution in [1.82, 2.24) is 4.90 Å². The minimum atomic E-state index is 0.376. The van der Waals surface area contributed by atoms with Gasteiger partial charge in [-0.05, 0) is 37.6 Å². The fourth-order valence-electron chi connectivity index (χ4n) is 1.65. The smallest absolute Gasteiger partial charge is 0.0635 e. The first kappa shape index (κ1) is 13.8. The Hall–Kier alpha value is -1.24. The first-order valence-electron chi connectivity index (χ1n) is 5.69. The van der Waals surface area contributed by atoms with Crippen molar-refractivity contribution in [3.8, 4) is 6.07 Å². The molecular formula is C13H18ClN3. The zero-order chi connectivity index (χ0) is 12.8. The molecule has 0 saturated heterocycles. The molecule has 1 rings (SSSR count). The summed E-state index contributed by atoms with van der Waals surface area (Å²) in [7, 11) is 0. The summed E-state index contributed by atoms with van der Waals surface area (Å²) < 4.78 is 0. The first-order valence-corrected chi connectivity index (χ1v) is 6.07. The fraction of sp³-hybridized carbons (Fsp3) is 0.462. The highest BCUT2D eigenvalue weighted by atomic mass is 35.5. The average molecular weight is 252 g/mol. The van der Waals surface area contributed by atoms with Crippen molar-refractivity contribution in [1.29, 1.82) is 5.26 Å². The number of nitrogens with two attached hydrogens (primary N) is 1. The minimum Gasteiger partial charge on any atom is -0.399 e. The van der Waals surface area contributed by atoms with Gasteiger partial charge in [0, 0.05) is 36.3 Å². The van der Waals surface area contributed by atoms with Gasteiger partial charge < -0.3 is 5.73 Å². The van der Waals surface area contributed by atoms with E-state index < -0.39 is 0 Å². The van der Waals surface area contributed by atoms with Crippen molar-refractivity contribution in [2.75, 3.05) is 12.3 Å². The molecule has 0 unspecified atom stereocenters. The van der Waals surface area contributed by atoms with Gasteiger partial charge in [-0.1, -0.05) is 11.6 Å². The Balaban J connectivity index is 2.78. The molecule has 1 aromatic carbocycles. The van der Waals surface area contributed by atoms with Gasteiger partial charge in [0.2, 0.25) is 0 Å². The van der Waals surface area contributed by atoms with Gasteiger partial charge in [0.15, 0.2) is 0 Å². The molecule has 17 heavy (non-hydrogen) atoms. The molecule has 0 amide bonds. The van der Waals surface area contributed by atoms with Crippen LogP contribution in [0.3, 0.4) is 0 Å². The number of nitriles is 1. The van der Waals surface area contributed by atoms with Crippen molar-refractivity contribution in [2.24, 2.45) is 0 Å². The van der Waals surface area contributed by atoms with Crippen molar-refractivity contribution in [2.45, 2.75) is 32.9 Å². The van der Waals surface area contributed by atoms with E-state index in [0.717, 1.165) is 23.7 Å². The van der Waals surface area contributed by atoms with Crippen LogP contribution in [-0.2, 0) is 6.54 Å². The van der Waals surface area contributed by atoms with Crippen LogP contribution in [0.25, 0.3) is 0 Å². The van der Waals surface area contributed by atoms with Crippen molar-refractivity contribution >= 4 is 17.3 Å². The van der Waals surface area contributed by atoms with E-state index >= 15 is 0 Å². The van der Waals surface area contributed by atoms with Crippen LogP contribution in [0.1, 0.15) is 25.8 Å². The molecule has 0 radical (unpaired) electrons. The molecular weight excluding hydrogens is 234 g/mol. The molecule has 2 N–H and O–H groups in total. The summed E-state index contributed by atoms with van der Waals surface area (Å²) in [6.07, 6.45) is 0.526. The molecule has 1 aromatic rings. The Kier molecular flexibility index (Phi) is 5.27. The molecule has 0 fully saturated rings. The molecule has 0 heterocycles. The maximum atomic E-state index is 8.64. The summed E-state index contributed by atoms with van der Waals surface area (Å²) in [5.41, 5.74) is 7.48. The molecule has 0 atom stereocenters. The number of benzene rings is 1.